The molecule has 0 fully saturated rings. The van der Waals surface area contributed by atoms with Crippen LogP contribution >= 0.6 is 22.9 Å². The van der Waals surface area contributed by atoms with Gasteiger partial charge in [-0.15, -0.1) is 11.3 Å². The number of hydrogen-bond donors (Lipinski definition) is 1. The largest absolute Gasteiger partial charge is 0.313 e. The van der Waals surface area contributed by atoms with Crippen LogP contribution in [0.15, 0.2) is 29.8 Å². The lowest BCUT2D eigenvalue weighted by molar-refractivity contribution is 0.305. The summed E-state index contributed by atoms with van der Waals surface area (Å²) in [5.74, 6) is 0. The molecule has 0 amide bonds. The van der Waals surface area contributed by atoms with Gasteiger partial charge in [-0.1, -0.05) is 29.8 Å². The number of halogens is 1. The van der Waals surface area contributed by atoms with Gasteiger partial charge in [0.2, 0.25) is 0 Å². The number of rotatable bonds is 7. The molecule has 0 spiro atoms. The zero-order valence-electron chi connectivity index (χ0n) is 12.8. The highest BCUT2D eigenvalue weighted by atomic mass is 35.5. The van der Waals surface area contributed by atoms with Crippen LogP contribution in [0.1, 0.15) is 28.6 Å². The Morgan fingerprint density at radius 1 is 1.38 bits per heavy atom. The predicted molar refractivity (Wildman–Crippen MR) is 91.1 cm³/mol. The molecule has 3 nitrogen and oxygen atoms in total. The van der Waals surface area contributed by atoms with E-state index in [1.807, 2.05) is 30.8 Å². The highest BCUT2D eigenvalue weighted by molar-refractivity contribution is 7.09. The Balaban J connectivity index is 1.91. The van der Waals surface area contributed by atoms with Crippen molar-refractivity contribution in [2.75, 3.05) is 20.6 Å². The van der Waals surface area contributed by atoms with Gasteiger partial charge < -0.3 is 10.2 Å². The molecule has 2 aromatic rings. The van der Waals surface area contributed by atoms with Gasteiger partial charge in [0.25, 0.3) is 0 Å². The van der Waals surface area contributed by atoms with Crippen molar-refractivity contribution in [2.45, 2.75) is 25.9 Å². The Labute approximate surface area is 136 Å². The fourth-order valence-electron chi connectivity index (χ4n) is 2.36. The summed E-state index contributed by atoms with van der Waals surface area (Å²) in [5, 5.41) is 4.20. The number of thiazole rings is 1. The summed E-state index contributed by atoms with van der Waals surface area (Å²) in [4.78, 5) is 7.98. The first-order valence-corrected chi connectivity index (χ1v) is 8.36. The van der Waals surface area contributed by atoms with Crippen LogP contribution in [0.25, 0.3) is 0 Å². The molecule has 114 valence electrons. The second kappa shape index (κ2) is 7.90. The molecule has 2 rings (SSSR count). The third-order valence-electron chi connectivity index (χ3n) is 3.69. The van der Waals surface area contributed by atoms with E-state index in [2.05, 4.69) is 35.2 Å². The standard InChI is InChI=1S/C16H22ClN3S/c1-12-16(21-11-19-12)10-20(3)9-8-15(18-2)13-6-4-5-7-14(13)17/h4-7,11,15,18H,8-10H2,1-3H3. The normalized spacial score (nSPS) is 12.8. The molecule has 0 radical (unpaired) electrons. The average Bonchev–Trinajstić information content (AvgIpc) is 2.86. The molecule has 21 heavy (non-hydrogen) atoms. The number of benzene rings is 1. The van der Waals surface area contributed by atoms with Gasteiger partial charge in [-0.05, 0) is 39.1 Å². The number of nitrogens with one attached hydrogen (secondary N) is 1. The lowest BCUT2D eigenvalue weighted by Gasteiger charge is -2.22. The average molecular weight is 324 g/mol. The predicted octanol–water partition coefficient (Wildman–Crippen LogP) is 3.89. The summed E-state index contributed by atoms with van der Waals surface area (Å²) in [6, 6.07) is 8.33. The molecule has 1 aromatic carbocycles. The van der Waals surface area contributed by atoms with Gasteiger partial charge >= 0.3 is 0 Å². The van der Waals surface area contributed by atoms with Crippen molar-refractivity contribution in [1.29, 1.82) is 0 Å². The Kier molecular flexibility index (Phi) is 6.18. The molecule has 0 bridgehead atoms. The van der Waals surface area contributed by atoms with Crippen molar-refractivity contribution < 1.29 is 0 Å². The molecule has 0 aliphatic heterocycles. The number of aromatic nitrogens is 1. The molecule has 1 aromatic heterocycles. The molecular weight excluding hydrogens is 302 g/mol. The van der Waals surface area contributed by atoms with E-state index in [0.717, 1.165) is 30.2 Å². The molecule has 0 saturated heterocycles. The first kappa shape index (κ1) is 16.4. The minimum absolute atomic E-state index is 0.281. The lowest BCUT2D eigenvalue weighted by Crippen LogP contribution is -2.25. The van der Waals surface area contributed by atoms with E-state index >= 15 is 0 Å². The fourth-order valence-corrected chi connectivity index (χ4v) is 3.49. The van der Waals surface area contributed by atoms with E-state index in [9.17, 15) is 0 Å². The monoisotopic (exact) mass is 323 g/mol. The Bertz CT molecular complexity index is 570. The van der Waals surface area contributed by atoms with Gasteiger partial charge in [0.1, 0.15) is 0 Å². The highest BCUT2D eigenvalue weighted by Gasteiger charge is 2.14. The van der Waals surface area contributed by atoms with E-state index in [1.165, 1.54) is 10.4 Å². The van der Waals surface area contributed by atoms with Gasteiger partial charge in [-0.25, -0.2) is 4.98 Å². The third-order valence-corrected chi connectivity index (χ3v) is 4.95. The fraction of sp³-hybridized carbons (Fsp3) is 0.438. The van der Waals surface area contributed by atoms with Crippen LogP contribution in [0, 0.1) is 6.92 Å². The summed E-state index contributed by atoms with van der Waals surface area (Å²) in [6.07, 6.45) is 1.02. The van der Waals surface area contributed by atoms with Gasteiger partial charge in [-0.2, -0.15) is 0 Å². The maximum Gasteiger partial charge on any atom is 0.0798 e. The molecule has 5 heteroatoms. The minimum Gasteiger partial charge on any atom is -0.313 e. The van der Waals surface area contributed by atoms with E-state index < -0.39 is 0 Å². The van der Waals surface area contributed by atoms with Crippen molar-refractivity contribution in [1.82, 2.24) is 15.2 Å². The van der Waals surface area contributed by atoms with Crippen LogP contribution in [-0.2, 0) is 6.54 Å². The Morgan fingerprint density at radius 2 is 2.14 bits per heavy atom. The first-order chi connectivity index (χ1) is 10.1. The quantitative estimate of drug-likeness (QED) is 0.838. The van der Waals surface area contributed by atoms with E-state index in [4.69, 9.17) is 11.6 Å². The lowest BCUT2D eigenvalue weighted by atomic mass is 10.0. The summed E-state index contributed by atoms with van der Waals surface area (Å²) < 4.78 is 0. The van der Waals surface area contributed by atoms with E-state index in [1.54, 1.807) is 11.3 Å². The summed E-state index contributed by atoms with van der Waals surface area (Å²) in [5.41, 5.74) is 4.23. The van der Waals surface area contributed by atoms with Crippen LogP contribution in [0.4, 0.5) is 0 Å². The van der Waals surface area contributed by atoms with Crippen LogP contribution in [0.3, 0.4) is 0 Å². The molecule has 1 atom stereocenters. The van der Waals surface area contributed by atoms with Crippen molar-refractivity contribution >= 4 is 22.9 Å². The SMILES string of the molecule is CNC(CCN(C)Cc1scnc1C)c1ccccc1Cl. The zero-order valence-corrected chi connectivity index (χ0v) is 14.3. The van der Waals surface area contributed by atoms with Gasteiger partial charge in [0, 0.05) is 29.0 Å². The molecule has 1 unspecified atom stereocenters. The van der Waals surface area contributed by atoms with Crippen molar-refractivity contribution in [3.63, 3.8) is 0 Å². The highest BCUT2D eigenvalue weighted by Crippen LogP contribution is 2.25. The van der Waals surface area contributed by atoms with Crippen molar-refractivity contribution in [3.05, 3.63) is 50.9 Å². The second-order valence-corrected chi connectivity index (χ2v) is 6.60. The van der Waals surface area contributed by atoms with Gasteiger partial charge in [0.15, 0.2) is 0 Å². The molecule has 0 aliphatic rings. The molecule has 0 aliphatic carbocycles. The first-order valence-electron chi connectivity index (χ1n) is 7.11. The minimum atomic E-state index is 0.281. The van der Waals surface area contributed by atoms with Gasteiger partial charge in [0.05, 0.1) is 11.2 Å². The number of aryl methyl sites for hydroxylation is 1. The Hall–Kier alpha value is -0.940. The maximum absolute atomic E-state index is 6.29. The molecular formula is C16H22ClN3S. The molecule has 1 N–H and O–H groups in total. The second-order valence-electron chi connectivity index (χ2n) is 5.25. The molecule has 1 heterocycles. The molecule has 0 saturated carbocycles. The smallest absolute Gasteiger partial charge is 0.0798 e. The third kappa shape index (κ3) is 4.51. The topological polar surface area (TPSA) is 28.2 Å². The summed E-state index contributed by atoms with van der Waals surface area (Å²) in [6.45, 7) is 4.03. The summed E-state index contributed by atoms with van der Waals surface area (Å²) in [7, 11) is 4.14. The van der Waals surface area contributed by atoms with Gasteiger partial charge in [-0.3, -0.25) is 0 Å². The van der Waals surface area contributed by atoms with Crippen LogP contribution in [-0.4, -0.2) is 30.5 Å². The summed E-state index contributed by atoms with van der Waals surface area (Å²) >= 11 is 8.02. The Morgan fingerprint density at radius 3 is 2.76 bits per heavy atom. The van der Waals surface area contributed by atoms with Crippen molar-refractivity contribution in [2.24, 2.45) is 0 Å². The van der Waals surface area contributed by atoms with Crippen LogP contribution in [0.2, 0.25) is 5.02 Å². The van der Waals surface area contributed by atoms with Crippen LogP contribution in [0.5, 0.6) is 0 Å². The maximum atomic E-state index is 6.29. The number of nitrogens with zero attached hydrogens (tertiary/aromatic N) is 2. The number of hydrogen-bond acceptors (Lipinski definition) is 4. The van der Waals surface area contributed by atoms with Crippen molar-refractivity contribution in [3.8, 4) is 0 Å². The van der Waals surface area contributed by atoms with E-state index in [0.29, 0.717) is 0 Å². The van der Waals surface area contributed by atoms with Crippen LogP contribution < -0.4 is 5.32 Å². The van der Waals surface area contributed by atoms with E-state index in [-0.39, 0.29) is 6.04 Å². The zero-order chi connectivity index (χ0) is 15.2.